The van der Waals surface area contributed by atoms with E-state index < -0.39 is 0 Å². The average molecular weight is 289 g/mol. The summed E-state index contributed by atoms with van der Waals surface area (Å²) in [7, 11) is 0. The number of benzene rings is 1. The highest BCUT2D eigenvalue weighted by Gasteiger charge is 2.21. The van der Waals surface area contributed by atoms with Crippen molar-refractivity contribution in [2.75, 3.05) is 0 Å². The van der Waals surface area contributed by atoms with Crippen LogP contribution < -0.4 is 5.73 Å². The Labute approximate surface area is 122 Å². The van der Waals surface area contributed by atoms with E-state index >= 15 is 0 Å². The van der Waals surface area contributed by atoms with Crippen molar-refractivity contribution in [3.05, 3.63) is 29.3 Å². The van der Waals surface area contributed by atoms with E-state index in [9.17, 15) is 0 Å². The monoisotopic (exact) mass is 289 g/mol. The number of rotatable bonds is 4. The molecule has 0 spiro atoms. The zero-order valence-corrected chi connectivity index (χ0v) is 12.4. The SMILES string of the molecule is Cc1cc(Sc2nnnn2C2CCCC2)ccc1CN. The van der Waals surface area contributed by atoms with Gasteiger partial charge in [-0.05, 0) is 65.2 Å². The van der Waals surface area contributed by atoms with Gasteiger partial charge in [0.05, 0.1) is 6.04 Å². The maximum Gasteiger partial charge on any atom is 0.214 e. The molecule has 5 nitrogen and oxygen atoms in total. The fourth-order valence-corrected chi connectivity index (χ4v) is 3.64. The van der Waals surface area contributed by atoms with Crippen LogP contribution in [0, 0.1) is 6.92 Å². The molecule has 1 fully saturated rings. The third kappa shape index (κ3) is 2.71. The largest absolute Gasteiger partial charge is 0.326 e. The first-order valence-electron chi connectivity index (χ1n) is 7.03. The van der Waals surface area contributed by atoms with Crippen LogP contribution in [0.25, 0.3) is 0 Å². The smallest absolute Gasteiger partial charge is 0.214 e. The Balaban J connectivity index is 1.81. The Kier molecular flexibility index (Phi) is 4.03. The fourth-order valence-electron chi connectivity index (χ4n) is 2.70. The molecular weight excluding hydrogens is 270 g/mol. The molecule has 6 heteroatoms. The highest BCUT2D eigenvalue weighted by Crippen LogP contribution is 2.34. The average Bonchev–Trinajstić information content (AvgIpc) is 3.09. The molecule has 0 amide bonds. The number of aryl methyl sites for hydroxylation is 1. The van der Waals surface area contributed by atoms with Crippen molar-refractivity contribution in [3.8, 4) is 0 Å². The Hall–Kier alpha value is -1.40. The van der Waals surface area contributed by atoms with E-state index in [0.29, 0.717) is 12.6 Å². The van der Waals surface area contributed by atoms with Gasteiger partial charge < -0.3 is 5.73 Å². The summed E-state index contributed by atoms with van der Waals surface area (Å²) in [6, 6.07) is 6.80. The van der Waals surface area contributed by atoms with Gasteiger partial charge in [0, 0.05) is 11.4 Å². The van der Waals surface area contributed by atoms with E-state index in [-0.39, 0.29) is 0 Å². The second kappa shape index (κ2) is 5.93. The predicted molar refractivity (Wildman–Crippen MR) is 78.5 cm³/mol. The van der Waals surface area contributed by atoms with Crippen LogP contribution in [0.15, 0.2) is 28.3 Å². The third-order valence-corrected chi connectivity index (χ3v) is 4.82. The van der Waals surface area contributed by atoms with Gasteiger partial charge in [-0.1, -0.05) is 18.9 Å². The molecule has 1 aliphatic carbocycles. The van der Waals surface area contributed by atoms with E-state index in [1.807, 2.05) is 4.68 Å². The van der Waals surface area contributed by atoms with E-state index in [4.69, 9.17) is 5.73 Å². The van der Waals surface area contributed by atoms with Crippen LogP contribution in [0.2, 0.25) is 0 Å². The molecule has 0 radical (unpaired) electrons. The molecule has 0 unspecified atom stereocenters. The van der Waals surface area contributed by atoms with Gasteiger partial charge in [0.2, 0.25) is 5.16 Å². The lowest BCUT2D eigenvalue weighted by molar-refractivity contribution is 0.423. The van der Waals surface area contributed by atoms with Gasteiger partial charge in [0.25, 0.3) is 0 Å². The summed E-state index contributed by atoms with van der Waals surface area (Å²) in [6.45, 7) is 2.67. The van der Waals surface area contributed by atoms with Crippen molar-refractivity contribution in [3.63, 3.8) is 0 Å². The first kappa shape index (κ1) is 13.6. The highest BCUT2D eigenvalue weighted by molar-refractivity contribution is 7.99. The lowest BCUT2D eigenvalue weighted by Crippen LogP contribution is -2.08. The van der Waals surface area contributed by atoms with E-state index in [1.165, 1.54) is 36.8 Å². The Morgan fingerprint density at radius 1 is 1.35 bits per heavy atom. The fraction of sp³-hybridized carbons (Fsp3) is 0.500. The van der Waals surface area contributed by atoms with Crippen LogP contribution in [-0.2, 0) is 6.54 Å². The standard InChI is InChI=1S/C14H19N5S/c1-10-8-13(7-6-11(10)9-15)20-14-16-17-18-19(14)12-4-2-3-5-12/h6-8,12H,2-5,9,15H2,1H3. The van der Waals surface area contributed by atoms with Gasteiger partial charge in [0.1, 0.15) is 0 Å². The van der Waals surface area contributed by atoms with Gasteiger partial charge >= 0.3 is 0 Å². The molecule has 1 aliphatic rings. The molecule has 106 valence electrons. The Morgan fingerprint density at radius 3 is 2.85 bits per heavy atom. The lowest BCUT2D eigenvalue weighted by Gasteiger charge is -2.11. The first-order valence-corrected chi connectivity index (χ1v) is 7.85. The Morgan fingerprint density at radius 2 is 2.15 bits per heavy atom. The van der Waals surface area contributed by atoms with Gasteiger partial charge in [0.15, 0.2) is 0 Å². The summed E-state index contributed by atoms with van der Waals surface area (Å²) in [5.74, 6) is 0. The normalized spacial score (nSPS) is 15.9. The molecule has 3 rings (SSSR count). The molecular formula is C14H19N5S. The summed E-state index contributed by atoms with van der Waals surface area (Å²) in [5.41, 5.74) is 8.11. The summed E-state index contributed by atoms with van der Waals surface area (Å²) < 4.78 is 1.99. The van der Waals surface area contributed by atoms with Crippen molar-refractivity contribution < 1.29 is 0 Å². The van der Waals surface area contributed by atoms with Gasteiger partial charge in [-0.25, -0.2) is 4.68 Å². The van der Waals surface area contributed by atoms with Gasteiger partial charge in [-0.2, -0.15) is 0 Å². The summed E-state index contributed by atoms with van der Waals surface area (Å²) in [4.78, 5) is 1.16. The lowest BCUT2D eigenvalue weighted by atomic mass is 10.1. The number of aromatic nitrogens is 4. The molecule has 1 saturated carbocycles. The zero-order valence-electron chi connectivity index (χ0n) is 11.6. The minimum Gasteiger partial charge on any atom is -0.326 e. The quantitative estimate of drug-likeness (QED) is 0.937. The van der Waals surface area contributed by atoms with E-state index in [0.717, 1.165) is 10.1 Å². The van der Waals surface area contributed by atoms with E-state index in [1.54, 1.807) is 11.8 Å². The van der Waals surface area contributed by atoms with Crippen LogP contribution >= 0.6 is 11.8 Å². The second-order valence-electron chi connectivity index (χ2n) is 5.24. The maximum absolute atomic E-state index is 5.70. The topological polar surface area (TPSA) is 69.6 Å². The van der Waals surface area contributed by atoms with Crippen LogP contribution in [0.3, 0.4) is 0 Å². The predicted octanol–water partition coefficient (Wildman–Crippen LogP) is 2.71. The summed E-state index contributed by atoms with van der Waals surface area (Å²) >= 11 is 1.63. The van der Waals surface area contributed by atoms with Crippen LogP contribution in [0.1, 0.15) is 42.9 Å². The van der Waals surface area contributed by atoms with Crippen LogP contribution in [0.4, 0.5) is 0 Å². The number of hydrogen-bond donors (Lipinski definition) is 1. The highest BCUT2D eigenvalue weighted by atomic mass is 32.2. The van der Waals surface area contributed by atoms with Gasteiger partial charge in [-0.3, -0.25) is 0 Å². The van der Waals surface area contributed by atoms with Crippen molar-refractivity contribution in [2.24, 2.45) is 5.73 Å². The maximum atomic E-state index is 5.70. The molecule has 0 bridgehead atoms. The first-order chi connectivity index (χ1) is 9.78. The minimum absolute atomic E-state index is 0.469. The van der Waals surface area contributed by atoms with Gasteiger partial charge in [-0.15, -0.1) is 5.10 Å². The zero-order chi connectivity index (χ0) is 13.9. The van der Waals surface area contributed by atoms with Crippen LogP contribution in [-0.4, -0.2) is 20.2 Å². The number of nitrogens with zero attached hydrogens (tertiary/aromatic N) is 4. The molecule has 1 aromatic carbocycles. The van der Waals surface area contributed by atoms with Crippen molar-refractivity contribution >= 4 is 11.8 Å². The molecule has 2 N–H and O–H groups in total. The second-order valence-corrected chi connectivity index (χ2v) is 6.28. The number of hydrogen-bond acceptors (Lipinski definition) is 5. The summed E-state index contributed by atoms with van der Waals surface area (Å²) in [6.07, 6.45) is 4.92. The van der Waals surface area contributed by atoms with Crippen molar-refractivity contribution in [1.82, 2.24) is 20.2 Å². The minimum atomic E-state index is 0.469. The molecule has 1 aromatic heterocycles. The van der Waals surface area contributed by atoms with E-state index in [2.05, 4.69) is 40.6 Å². The third-order valence-electron chi connectivity index (χ3n) is 3.88. The summed E-state index contributed by atoms with van der Waals surface area (Å²) in [5, 5.41) is 13.1. The number of nitrogens with two attached hydrogens (primary N) is 1. The molecule has 2 aromatic rings. The van der Waals surface area contributed by atoms with Crippen molar-refractivity contribution in [1.29, 1.82) is 0 Å². The molecule has 0 saturated heterocycles. The molecule has 0 atom stereocenters. The van der Waals surface area contributed by atoms with Crippen LogP contribution in [0.5, 0.6) is 0 Å². The molecule has 1 heterocycles. The molecule has 20 heavy (non-hydrogen) atoms. The number of tetrazole rings is 1. The van der Waals surface area contributed by atoms with Crippen molar-refractivity contribution in [2.45, 2.75) is 55.2 Å². The molecule has 0 aliphatic heterocycles. The Bertz CT molecular complexity index is 589.